The zero-order valence-electron chi connectivity index (χ0n) is 17.8. The van der Waals surface area contributed by atoms with Crippen LogP contribution in [0.2, 0.25) is 0 Å². The molecule has 1 aromatic carbocycles. The van der Waals surface area contributed by atoms with Crippen LogP contribution < -0.4 is 0 Å². The Kier molecular flexibility index (Phi) is 7.29. The molecule has 0 spiro atoms. The van der Waals surface area contributed by atoms with Crippen LogP contribution in [0.5, 0.6) is 0 Å². The Morgan fingerprint density at radius 1 is 1.00 bits per heavy atom. The Labute approximate surface area is 181 Å². The third-order valence-corrected chi connectivity index (χ3v) is 8.08. The summed E-state index contributed by atoms with van der Waals surface area (Å²) in [5, 5.41) is 0. The number of hydrogen-bond donors (Lipinski definition) is 0. The summed E-state index contributed by atoms with van der Waals surface area (Å²) in [6.07, 6.45) is -4.76. The SMILES string of the molecule is CCN1CCN(C(=O)[C@@H](C)N2CCN(S(=O)(=O)c3ccccc3C(F)(F)F)CC2)CC1. The number of hydrogen-bond acceptors (Lipinski definition) is 5. The topological polar surface area (TPSA) is 64.2 Å². The van der Waals surface area contributed by atoms with Gasteiger partial charge in [0.15, 0.2) is 0 Å². The molecule has 0 saturated carbocycles. The van der Waals surface area contributed by atoms with E-state index < -0.39 is 32.7 Å². The number of piperazine rings is 2. The molecule has 0 bridgehead atoms. The minimum atomic E-state index is -4.76. The fourth-order valence-electron chi connectivity index (χ4n) is 4.10. The Hall–Kier alpha value is -1.69. The second kappa shape index (κ2) is 9.43. The van der Waals surface area contributed by atoms with Gasteiger partial charge in [-0.15, -0.1) is 0 Å². The molecule has 2 fully saturated rings. The van der Waals surface area contributed by atoms with E-state index in [1.54, 1.807) is 6.92 Å². The monoisotopic (exact) mass is 462 g/mol. The van der Waals surface area contributed by atoms with Gasteiger partial charge >= 0.3 is 6.18 Å². The molecule has 2 aliphatic rings. The molecule has 0 aromatic heterocycles. The minimum Gasteiger partial charge on any atom is -0.339 e. The van der Waals surface area contributed by atoms with E-state index in [4.69, 9.17) is 0 Å². The predicted octanol–water partition coefficient (Wildman–Crippen LogP) is 1.56. The third-order valence-electron chi connectivity index (χ3n) is 6.12. The zero-order chi connectivity index (χ0) is 22.8. The molecule has 31 heavy (non-hydrogen) atoms. The van der Waals surface area contributed by atoms with Crippen molar-refractivity contribution in [2.45, 2.75) is 31.0 Å². The summed E-state index contributed by atoms with van der Waals surface area (Å²) in [4.78, 5) is 18.1. The van der Waals surface area contributed by atoms with Crippen molar-refractivity contribution in [1.82, 2.24) is 19.0 Å². The van der Waals surface area contributed by atoms with Gasteiger partial charge in [-0.1, -0.05) is 19.1 Å². The molecule has 1 amide bonds. The number of likely N-dealkylation sites (N-methyl/N-ethyl adjacent to an activating group) is 1. The highest BCUT2D eigenvalue weighted by molar-refractivity contribution is 7.89. The molecule has 2 heterocycles. The number of amides is 1. The van der Waals surface area contributed by atoms with E-state index in [9.17, 15) is 26.4 Å². The van der Waals surface area contributed by atoms with Gasteiger partial charge in [0.2, 0.25) is 15.9 Å². The van der Waals surface area contributed by atoms with Crippen molar-refractivity contribution in [3.8, 4) is 0 Å². The molecule has 3 rings (SSSR count). The number of sulfonamides is 1. The molecule has 1 aromatic rings. The Morgan fingerprint density at radius 2 is 1.58 bits per heavy atom. The summed E-state index contributed by atoms with van der Waals surface area (Å²) in [7, 11) is -4.29. The lowest BCUT2D eigenvalue weighted by atomic mass is 10.2. The van der Waals surface area contributed by atoms with Crippen molar-refractivity contribution >= 4 is 15.9 Å². The number of halogens is 3. The molecule has 2 saturated heterocycles. The van der Waals surface area contributed by atoms with Crippen molar-refractivity contribution < 1.29 is 26.4 Å². The number of carbonyl (C=O) groups is 1. The molecule has 7 nitrogen and oxygen atoms in total. The highest BCUT2D eigenvalue weighted by atomic mass is 32.2. The van der Waals surface area contributed by atoms with Crippen LogP contribution in [0.1, 0.15) is 19.4 Å². The van der Waals surface area contributed by atoms with Gasteiger partial charge in [-0.2, -0.15) is 17.5 Å². The van der Waals surface area contributed by atoms with Crippen LogP contribution in [0.15, 0.2) is 29.2 Å². The molecule has 0 aliphatic carbocycles. The largest absolute Gasteiger partial charge is 0.417 e. The van der Waals surface area contributed by atoms with Gasteiger partial charge in [-0.3, -0.25) is 9.69 Å². The van der Waals surface area contributed by atoms with Crippen LogP contribution in [0.4, 0.5) is 13.2 Å². The normalized spacial score (nSPS) is 21.3. The van der Waals surface area contributed by atoms with Gasteiger partial charge in [0.05, 0.1) is 16.5 Å². The minimum absolute atomic E-state index is 0.00878. The molecule has 0 unspecified atom stereocenters. The molecule has 11 heteroatoms. The summed E-state index contributed by atoms with van der Waals surface area (Å²) in [6, 6.07) is 3.83. The number of alkyl halides is 3. The average Bonchev–Trinajstić information content (AvgIpc) is 2.77. The second-order valence-electron chi connectivity index (χ2n) is 7.87. The molecule has 1 atom stereocenters. The van der Waals surface area contributed by atoms with E-state index >= 15 is 0 Å². The molecular weight excluding hydrogens is 433 g/mol. The summed E-state index contributed by atoms with van der Waals surface area (Å²) in [5.74, 6) is 0.00878. The number of benzene rings is 1. The first kappa shape index (κ1) is 24.0. The van der Waals surface area contributed by atoms with Gasteiger partial charge in [0.25, 0.3) is 0 Å². The second-order valence-corrected chi connectivity index (χ2v) is 9.78. The van der Waals surface area contributed by atoms with Crippen molar-refractivity contribution in [3.05, 3.63) is 29.8 Å². The van der Waals surface area contributed by atoms with Crippen LogP contribution >= 0.6 is 0 Å². The lowest BCUT2D eigenvalue weighted by Crippen LogP contribution is -2.57. The lowest BCUT2D eigenvalue weighted by molar-refractivity contribution is -0.140. The van der Waals surface area contributed by atoms with Crippen LogP contribution in [-0.2, 0) is 21.0 Å². The summed E-state index contributed by atoms with van der Waals surface area (Å²) < 4.78 is 66.7. The Morgan fingerprint density at radius 3 is 2.13 bits per heavy atom. The lowest BCUT2D eigenvalue weighted by Gasteiger charge is -2.40. The molecule has 2 aliphatic heterocycles. The maximum atomic E-state index is 13.3. The van der Waals surface area contributed by atoms with Crippen molar-refractivity contribution in [1.29, 1.82) is 0 Å². The molecule has 174 valence electrons. The highest BCUT2D eigenvalue weighted by Gasteiger charge is 2.40. The van der Waals surface area contributed by atoms with E-state index in [1.807, 2.05) is 9.80 Å². The van der Waals surface area contributed by atoms with E-state index in [0.29, 0.717) is 13.1 Å². The Bertz CT molecular complexity index is 878. The predicted molar refractivity (Wildman–Crippen MR) is 110 cm³/mol. The number of carbonyl (C=O) groups excluding carboxylic acids is 1. The van der Waals surface area contributed by atoms with Crippen LogP contribution in [0.3, 0.4) is 0 Å². The van der Waals surface area contributed by atoms with E-state index in [0.717, 1.165) is 36.1 Å². The van der Waals surface area contributed by atoms with Crippen LogP contribution in [0.25, 0.3) is 0 Å². The first-order chi connectivity index (χ1) is 14.6. The standard InChI is InChI=1S/C20H29F3N4O3S/c1-3-24-8-10-26(11-9-24)19(28)16(2)25-12-14-27(15-13-25)31(29,30)18-7-5-4-6-17(18)20(21,22)23/h4-7,16H,3,8-15H2,1-2H3/t16-/m1/s1. The smallest absolute Gasteiger partial charge is 0.339 e. The summed E-state index contributed by atoms with van der Waals surface area (Å²) >= 11 is 0. The summed E-state index contributed by atoms with van der Waals surface area (Å²) in [6.45, 7) is 8.48. The fourth-order valence-corrected chi connectivity index (χ4v) is 5.74. The maximum Gasteiger partial charge on any atom is 0.417 e. The van der Waals surface area contributed by atoms with Gasteiger partial charge < -0.3 is 9.80 Å². The fraction of sp³-hybridized carbons (Fsp3) is 0.650. The van der Waals surface area contributed by atoms with E-state index in [-0.39, 0.29) is 32.1 Å². The van der Waals surface area contributed by atoms with Crippen LogP contribution in [-0.4, -0.2) is 98.3 Å². The van der Waals surface area contributed by atoms with Gasteiger partial charge in [-0.05, 0) is 25.6 Å². The van der Waals surface area contributed by atoms with E-state index in [1.165, 1.54) is 12.1 Å². The number of rotatable bonds is 5. The quantitative estimate of drug-likeness (QED) is 0.665. The van der Waals surface area contributed by atoms with E-state index in [2.05, 4.69) is 11.8 Å². The van der Waals surface area contributed by atoms with Crippen molar-refractivity contribution in [3.63, 3.8) is 0 Å². The first-order valence-electron chi connectivity index (χ1n) is 10.5. The molecular formula is C20H29F3N4O3S. The molecule has 0 N–H and O–H groups in total. The average molecular weight is 463 g/mol. The molecule has 0 radical (unpaired) electrons. The third kappa shape index (κ3) is 5.21. The Balaban J connectivity index is 1.64. The van der Waals surface area contributed by atoms with Crippen molar-refractivity contribution in [2.24, 2.45) is 0 Å². The number of nitrogens with zero attached hydrogens (tertiary/aromatic N) is 4. The summed E-state index contributed by atoms with van der Waals surface area (Å²) in [5.41, 5.74) is -1.16. The van der Waals surface area contributed by atoms with Gasteiger partial charge in [0.1, 0.15) is 0 Å². The van der Waals surface area contributed by atoms with Gasteiger partial charge in [-0.25, -0.2) is 8.42 Å². The highest BCUT2D eigenvalue weighted by Crippen LogP contribution is 2.35. The van der Waals surface area contributed by atoms with Crippen molar-refractivity contribution in [2.75, 3.05) is 58.9 Å². The first-order valence-corrected chi connectivity index (χ1v) is 11.9. The van der Waals surface area contributed by atoms with Crippen LogP contribution in [0, 0.1) is 0 Å². The zero-order valence-corrected chi connectivity index (χ0v) is 18.6. The van der Waals surface area contributed by atoms with Gasteiger partial charge in [0, 0.05) is 52.4 Å². The maximum absolute atomic E-state index is 13.3.